The van der Waals surface area contributed by atoms with Gasteiger partial charge in [0.25, 0.3) is 0 Å². The molecule has 0 fully saturated rings. The first-order valence-electron chi connectivity index (χ1n) is 9.55. The average molecular weight is 420 g/mol. The predicted molar refractivity (Wildman–Crippen MR) is 110 cm³/mol. The van der Waals surface area contributed by atoms with E-state index in [9.17, 15) is 13.2 Å². The summed E-state index contributed by atoms with van der Waals surface area (Å²) in [4.78, 5) is 0. The highest BCUT2D eigenvalue weighted by Gasteiger charge is 2.32. The smallest absolute Gasteiger partial charge is 0.370 e. The molecule has 4 rings (SSSR count). The molecule has 3 aromatic rings. The van der Waals surface area contributed by atoms with Gasteiger partial charge in [-0.3, -0.25) is 0 Å². The lowest BCUT2D eigenvalue weighted by molar-refractivity contribution is -0.137. The van der Waals surface area contributed by atoms with Crippen molar-refractivity contribution in [3.8, 4) is 16.9 Å². The van der Waals surface area contributed by atoms with E-state index in [1.807, 2.05) is 13.8 Å². The van der Waals surface area contributed by atoms with Crippen LogP contribution in [0.1, 0.15) is 35.1 Å². The van der Waals surface area contributed by atoms with Gasteiger partial charge in [0, 0.05) is 17.7 Å². The van der Waals surface area contributed by atoms with Crippen molar-refractivity contribution in [3.05, 3.63) is 63.7 Å². The first-order valence-corrected chi connectivity index (χ1v) is 9.93. The van der Waals surface area contributed by atoms with Gasteiger partial charge < -0.3 is 5.32 Å². The number of fused-ring (bicyclic) bond motifs is 1. The Morgan fingerprint density at radius 1 is 1.03 bits per heavy atom. The van der Waals surface area contributed by atoms with Crippen molar-refractivity contribution in [1.29, 1.82) is 0 Å². The van der Waals surface area contributed by atoms with Crippen molar-refractivity contribution in [2.24, 2.45) is 0 Å². The Balaban J connectivity index is 1.95. The molecular weight excluding hydrogens is 399 g/mol. The summed E-state index contributed by atoms with van der Waals surface area (Å²) in [6.07, 6.45) is -1.67. The van der Waals surface area contributed by atoms with Gasteiger partial charge in [-0.15, -0.1) is 0 Å². The van der Waals surface area contributed by atoms with Gasteiger partial charge in [-0.1, -0.05) is 28.8 Å². The third kappa shape index (κ3) is 3.86. The largest absolute Gasteiger partial charge is 0.416 e. The molecule has 0 unspecified atom stereocenters. The van der Waals surface area contributed by atoms with E-state index in [4.69, 9.17) is 16.7 Å². The van der Waals surface area contributed by atoms with Gasteiger partial charge in [0.1, 0.15) is 5.82 Å². The molecular formula is C22H21ClF3N3. The monoisotopic (exact) mass is 419 g/mol. The third-order valence-corrected chi connectivity index (χ3v) is 5.45. The van der Waals surface area contributed by atoms with Gasteiger partial charge >= 0.3 is 6.18 Å². The van der Waals surface area contributed by atoms with Crippen LogP contribution in [0.5, 0.6) is 0 Å². The molecule has 152 valence electrons. The van der Waals surface area contributed by atoms with Crippen molar-refractivity contribution in [3.63, 3.8) is 0 Å². The fourth-order valence-corrected chi connectivity index (χ4v) is 4.07. The Labute approximate surface area is 172 Å². The Bertz CT molecular complexity index is 1050. The van der Waals surface area contributed by atoms with E-state index in [0.717, 1.165) is 71.7 Å². The summed E-state index contributed by atoms with van der Waals surface area (Å²) in [5.41, 5.74) is 4.47. The summed E-state index contributed by atoms with van der Waals surface area (Å²) in [5, 5.41) is 8.32. The minimum Gasteiger partial charge on any atom is -0.370 e. The molecule has 0 atom stereocenters. The molecule has 3 nitrogen and oxygen atoms in total. The van der Waals surface area contributed by atoms with Crippen molar-refractivity contribution < 1.29 is 13.2 Å². The van der Waals surface area contributed by atoms with Gasteiger partial charge in [0.05, 0.1) is 22.0 Å². The highest BCUT2D eigenvalue weighted by Crippen LogP contribution is 2.38. The summed E-state index contributed by atoms with van der Waals surface area (Å²) < 4.78 is 41.4. The van der Waals surface area contributed by atoms with E-state index in [2.05, 4.69) is 23.5 Å². The Kier molecular flexibility index (Phi) is 5.07. The van der Waals surface area contributed by atoms with Crippen LogP contribution in [0.15, 0.2) is 36.4 Å². The van der Waals surface area contributed by atoms with E-state index in [0.29, 0.717) is 0 Å². The van der Waals surface area contributed by atoms with Crippen LogP contribution in [0.2, 0.25) is 5.02 Å². The first kappa shape index (κ1) is 19.8. The number of halogens is 4. The SMILES string of the molecule is Cc1cc(C)cc(-c2nn(-c3cc(C(F)(F)F)ccc3Cl)c3c2CCCCN3)c1. The zero-order chi connectivity index (χ0) is 20.8. The van der Waals surface area contributed by atoms with Crippen LogP contribution < -0.4 is 5.32 Å². The van der Waals surface area contributed by atoms with Crippen molar-refractivity contribution in [2.45, 2.75) is 39.3 Å². The maximum atomic E-state index is 13.3. The molecule has 0 radical (unpaired) electrons. The number of anilines is 1. The van der Waals surface area contributed by atoms with E-state index in [1.165, 1.54) is 10.7 Å². The number of benzene rings is 2. The first-order chi connectivity index (χ1) is 13.7. The number of hydrogen-bond acceptors (Lipinski definition) is 2. The number of aryl methyl sites for hydroxylation is 2. The van der Waals surface area contributed by atoms with Crippen LogP contribution >= 0.6 is 11.6 Å². The molecule has 0 saturated carbocycles. The second-order valence-electron chi connectivity index (χ2n) is 7.51. The van der Waals surface area contributed by atoms with E-state index in [-0.39, 0.29) is 10.7 Å². The number of nitrogens with one attached hydrogen (secondary N) is 1. The Morgan fingerprint density at radius 3 is 2.45 bits per heavy atom. The molecule has 29 heavy (non-hydrogen) atoms. The maximum Gasteiger partial charge on any atom is 0.416 e. The summed E-state index contributed by atoms with van der Waals surface area (Å²) in [6, 6.07) is 9.53. The summed E-state index contributed by atoms with van der Waals surface area (Å²) >= 11 is 6.31. The molecule has 1 aromatic heterocycles. The highest BCUT2D eigenvalue weighted by atomic mass is 35.5. The lowest BCUT2D eigenvalue weighted by Crippen LogP contribution is -2.10. The van der Waals surface area contributed by atoms with Crippen LogP contribution in [0.3, 0.4) is 0 Å². The molecule has 7 heteroatoms. The minimum absolute atomic E-state index is 0.223. The predicted octanol–water partition coefficient (Wildman–Crippen LogP) is 6.58. The summed E-state index contributed by atoms with van der Waals surface area (Å²) in [6.45, 7) is 4.78. The zero-order valence-electron chi connectivity index (χ0n) is 16.2. The van der Waals surface area contributed by atoms with Crippen LogP contribution in [-0.2, 0) is 12.6 Å². The molecule has 1 aliphatic heterocycles. The van der Waals surface area contributed by atoms with Crippen LogP contribution in [-0.4, -0.2) is 16.3 Å². The fourth-order valence-electron chi connectivity index (χ4n) is 3.87. The van der Waals surface area contributed by atoms with Crippen molar-refractivity contribution in [1.82, 2.24) is 9.78 Å². The number of nitrogens with zero attached hydrogens (tertiary/aromatic N) is 2. The van der Waals surface area contributed by atoms with Gasteiger partial charge in [-0.25, -0.2) is 4.68 Å². The lowest BCUT2D eigenvalue weighted by atomic mass is 10.00. The average Bonchev–Trinajstić information content (AvgIpc) is 2.81. The zero-order valence-corrected chi connectivity index (χ0v) is 17.0. The fraction of sp³-hybridized carbons (Fsp3) is 0.318. The topological polar surface area (TPSA) is 29.9 Å². The Hall–Kier alpha value is -2.47. The van der Waals surface area contributed by atoms with Gasteiger partial charge in [-0.2, -0.15) is 18.3 Å². The number of aromatic nitrogens is 2. The molecule has 0 saturated heterocycles. The molecule has 2 heterocycles. The van der Waals surface area contributed by atoms with E-state index >= 15 is 0 Å². The Morgan fingerprint density at radius 2 is 1.76 bits per heavy atom. The standard InChI is InChI=1S/C22H21ClF3N3/c1-13-9-14(2)11-15(10-13)20-17-5-3-4-8-27-21(17)29(28-20)19-12-16(22(24,25)26)6-7-18(19)23/h6-7,9-12,27H,3-5,8H2,1-2H3. The minimum atomic E-state index is -4.45. The quantitative estimate of drug-likeness (QED) is 0.508. The molecule has 0 bridgehead atoms. The molecule has 2 aromatic carbocycles. The van der Waals surface area contributed by atoms with Crippen LogP contribution in [0.25, 0.3) is 16.9 Å². The van der Waals surface area contributed by atoms with E-state index < -0.39 is 11.7 Å². The highest BCUT2D eigenvalue weighted by molar-refractivity contribution is 6.32. The lowest BCUT2D eigenvalue weighted by Gasteiger charge is -2.13. The van der Waals surface area contributed by atoms with Gasteiger partial charge in [0.15, 0.2) is 0 Å². The van der Waals surface area contributed by atoms with E-state index in [1.54, 1.807) is 0 Å². The van der Waals surface area contributed by atoms with Gasteiger partial charge in [-0.05, 0) is 63.4 Å². The second-order valence-corrected chi connectivity index (χ2v) is 7.92. The van der Waals surface area contributed by atoms with Crippen LogP contribution in [0, 0.1) is 13.8 Å². The van der Waals surface area contributed by atoms with Crippen molar-refractivity contribution in [2.75, 3.05) is 11.9 Å². The van der Waals surface area contributed by atoms with Gasteiger partial charge in [0.2, 0.25) is 0 Å². The molecule has 1 aliphatic rings. The maximum absolute atomic E-state index is 13.3. The third-order valence-electron chi connectivity index (χ3n) is 5.13. The molecule has 0 amide bonds. The summed E-state index contributed by atoms with van der Waals surface area (Å²) in [7, 11) is 0. The molecule has 1 N–H and O–H groups in total. The number of hydrogen-bond donors (Lipinski definition) is 1. The normalized spacial score (nSPS) is 14.3. The number of rotatable bonds is 2. The van der Waals surface area contributed by atoms with Crippen molar-refractivity contribution >= 4 is 17.4 Å². The molecule has 0 aliphatic carbocycles. The second kappa shape index (κ2) is 7.41. The molecule has 0 spiro atoms. The van der Waals surface area contributed by atoms with Crippen LogP contribution in [0.4, 0.5) is 19.0 Å². The summed E-state index contributed by atoms with van der Waals surface area (Å²) in [5.74, 6) is 0.720. The number of alkyl halides is 3.